The number of carbonyl (C=O) groups is 2. The molecule has 0 bridgehead atoms. The summed E-state index contributed by atoms with van der Waals surface area (Å²) in [5.74, 6) is -0.0423. The van der Waals surface area contributed by atoms with Gasteiger partial charge in [0.1, 0.15) is 0 Å². The second-order valence-electron chi connectivity index (χ2n) is 5.71. The monoisotopic (exact) mass is 291 g/mol. The van der Waals surface area contributed by atoms with Crippen molar-refractivity contribution in [3.8, 4) is 0 Å². The Morgan fingerprint density at radius 1 is 1.29 bits per heavy atom. The van der Waals surface area contributed by atoms with Crippen LogP contribution in [0.5, 0.6) is 0 Å². The largest absolute Gasteiger partial charge is 0.354 e. The Labute approximate surface area is 126 Å². The summed E-state index contributed by atoms with van der Waals surface area (Å²) in [6.07, 6.45) is 0.672. The van der Waals surface area contributed by atoms with E-state index in [4.69, 9.17) is 5.73 Å². The molecule has 0 saturated heterocycles. The van der Waals surface area contributed by atoms with Crippen molar-refractivity contribution in [1.82, 2.24) is 10.2 Å². The molecule has 3 N–H and O–H groups in total. The van der Waals surface area contributed by atoms with Gasteiger partial charge in [0, 0.05) is 26.2 Å². The van der Waals surface area contributed by atoms with Crippen LogP contribution in [0.1, 0.15) is 29.8 Å². The maximum atomic E-state index is 11.9. The van der Waals surface area contributed by atoms with Gasteiger partial charge < -0.3 is 16.0 Å². The van der Waals surface area contributed by atoms with Gasteiger partial charge in [-0.3, -0.25) is 9.59 Å². The first-order valence-corrected chi connectivity index (χ1v) is 7.16. The molecule has 21 heavy (non-hydrogen) atoms. The average Bonchev–Trinajstić information content (AvgIpc) is 2.45. The minimum absolute atomic E-state index is 0.0253. The predicted molar refractivity (Wildman–Crippen MR) is 84.0 cm³/mol. The van der Waals surface area contributed by atoms with Gasteiger partial charge in [-0.05, 0) is 30.0 Å². The molecular weight excluding hydrogens is 266 g/mol. The SMILES string of the molecule is CC(C)[C@H](N)C(=O)NCCc1cccc(C(=O)N(C)C)c1. The van der Waals surface area contributed by atoms with E-state index in [1.807, 2.05) is 32.0 Å². The molecule has 1 atom stereocenters. The zero-order chi connectivity index (χ0) is 16.0. The normalized spacial score (nSPS) is 12.1. The van der Waals surface area contributed by atoms with Gasteiger partial charge in [-0.15, -0.1) is 0 Å². The Balaban J connectivity index is 2.55. The summed E-state index contributed by atoms with van der Waals surface area (Å²) >= 11 is 0. The lowest BCUT2D eigenvalue weighted by Crippen LogP contribution is -2.44. The molecule has 0 fully saturated rings. The van der Waals surface area contributed by atoms with E-state index in [2.05, 4.69) is 5.32 Å². The summed E-state index contributed by atoms with van der Waals surface area (Å²) < 4.78 is 0. The van der Waals surface area contributed by atoms with Gasteiger partial charge in [0.15, 0.2) is 0 Å². The first kappa shape index (κ1) is 17.2. The Bertz CT molecular complexity index is 498. The van der Waals surface area contributed by atoms with Crippen molar-refractivity contribution in [1.29, 1.82) is 0 Å². The van der Waals surface area contributed by atoms with Gasteiger partial charge in [-0.2, -0.15) is 0 Å². The Kier molecular flexibility index (Phi) is 6.37. The molecule has 5 nitrogen and oxygen atoms in total. The fraction of sp³-hybridized carbons (Fsp3) is 0.500. The molecule has 1 aromatic carbocycles. The van der Waals surface area contributed by atoms with E-state index < -0.39 is 6.04 Å². The van der Waals surface area contributed by atoms with E-state index in [1.54, 1.807) is 25.1 Å². The van der Waals surface area contributed by atoms with Crippen molar-refractivity contribution < 1.29 is 9.59 Å². The summed E-state index contributed by atoms with van der Waals surface area (Å²) in [7, 11) is 3.45. The minimum Gasteiger partial charge on any atom is -0.354 e. The van der Waals surface area contributed by atoms with Gasteiger partial charge in [0.05, 0.1) is 6.04 Å². The number of nitrogens with two attached hydrogens (primary N) is 1. The van der Waals surface area contributed by atoms with E-state index in [9.17, 15) is 9.59 Å². The summed E-state index contributed by atoms with van der Waals surface area (Å²) in [4.78, 5) is 25.2. The summed E-state index contributed by atoms with van der Waals surface area (Å²) in [6, 6.07) is 6.97. The van der Waals surface area contributed by atoms with Crippen LogP contribution in [0.25, 0.3) is 0 Å². The fourth-order valence-electron chi connectivity index (χ4n) is 1.87. The molecule has 0 saturated carbocycles. The highest BCUT2D eigenvalue weighted by Gasteiger charge is 2.16. The van der Waals surface area contributed by atoms with E-state index in [-0.39, 0.29) is 17.7 Å². The Morgan fingerprint density at radius 3 is 2.52 bits per heavy atom. The number of amides is 2. The molecule has 0 unspecified atom stereocenters. The summed E-state index contributed by atoms with van der Waals surface area (Å²) in [6.45, 7) is 4.35. The molecule has 116 valence electrons. The first-order chi connectivity index (χ1) is 9.82. The van der Waals surface area contributed by atoms with Gasteiger partial charge in [-0.1, -0.05) is 26.0 Å². The van der Waals surface area contributed by atoms with Crippen molar-refractivity contribution in [2.45, 2.75) is 26.3 Å². The van der Waals surface area contributed by atoms with Crippen molar-refractivity contribution in [3.05, 3.63) is 35.4 Å². The second kappa shape index (κ2) is 7.78. The molecule has 2 amide bonds. The summed E-state index contributed by atoms with van der Waals surface area (Å²) in [5.41, 5.74) is 7.44. The van der Waals surface area contributed by atoms with E-state index >= 15 is 0 Å². The average molecular weight is 291 g/mol. The van der Waals surface area contributed by atoms with Crippen molar-refractivity contribution in [2.75, 3.05) is 20.6 Å². The third-order valence-electron chi connectivity index (χ3n) is 3.31. The maximum absolute atomic E-state index is 11.9. The zero-order valence-electron chi connectivity index (χ0n) is 13.2. The van der Waals surface area contributed by atoms with Crippen molar-refractivity contribution >= 4 is 11.8 Å². The topological polar surface area (TPSA) is 75.4 Å². The van der Waals surface area contributed by atoms with Crippen LogP contribution in [-0.2, 0) is 11.2 Å². The number of benzene rings is 1. The van der Waals surface area contributed by atoms with Gasteiger partial charge in [0.25, 0.3) is 5.91 Å². The molecule has 0 aliphatic carbocycles. The lowest BCUT2D eigenvalue weighted by Gasteiger charge is -2.15. The van der Waals surface area contributed by atoms with Crippen molar-refractivity contribution in [3.63, 3.8) is 0 Å². The van der Waals surface area contributed by atoms with Crippen LogP contribution in [0.3, 0.4) is 0 Å². The highest BCUT2D eigenvalue weighted by Crippen LogP contribution is 2.08. The Morgan fingerprint density at radius 2 is 1.95 bits per heavy atom. The molecule has 5 heteroatoms. The van der Waals surface area contributed by atoms with Crippen LogP contribution in [0, 0.1) is 5.92 Å². The standard InChI is InChI=1S/C16H25N3O2/c1-11(2)14(17)15(20)18-9-8-12-6-5-7-13(10-12)16(21)19(3)4/h5-7,10-11,14H,8-9,17H2,1-4H3,(H,18,20)/t14-/m0/s1. The third-order valence-corrected chi connectivity index (χ3v) is 3.31. The van der Waals surface area contributed by atoms with Crippen LogP contribution in [0.2, 0.25) is 0 Å². The van der Waals surface area contributed by atoms with Crippen LogP contribution in [-0.4, -0.2) is 43.4 Å². The minimum atomic E-state index is -0.480. The highest BCUT2D eigenvalue weighted by atomic mass is 16.2. The fourth-order valence-corrected chi connectivity index (χ4v) is 1.87. The Hall–Kier alpha value is -1.88. The molecule has 0 heterocycles. The smallest absolute Gasteiger partial charge is 0.253 e. The van der Waals surface area contributed by atoms with Crippen LogP contribution < -0.4 is 11.1 Å². The molecule has 0 aliphatic rings. The van der Waals surface area contributed by atoms with Gasteiger partial charge >= 0.3 is 0 Å². The van der Waals surface area contributed by atoms with Crippen LogP contribution in [0.15, 0.2) is 24.3 Å². The lowest BCUT2D eigenvalue weighted by molar-refractivity contribution is -0.123. The van der Waals surface area contributed by atoms with Crippen LogP contribution >= 0.6 is 0 Å². The van der Waals surface area contributed by atoms with E-state index in [1.165, 1.54) is 0 Å². The first-order valence-electron chi connectivity index (χ1n) is 7.16. The quantitative estimate of drug-likeness (QED) is 0.822. The number of nitrogens with one attached hydrogen (secondary N) is 1. The molecule has 1 aromatic rings. The highest BCUT2D eigenvalue weighted by molar-refractivity contribution is 5.94. The number of nitrogens with zero attached hydrogens (tertiary/aromatic N) is 1. The lowest BCUT2D eigenvalue weighted by atomic mass is 10.0. The van der Waals surface area contributed by atoms with E-state index in [0.717, 1.165) is 5.56 Å². The van der Waals surface area contributed by atoms with Gasteiger partial charge in [0.2, 0.25) is 5.91 Å². The third kappa shape index (κ3) is 5.19. The predicted octanol–water partition coefficient (Wildman–Crippen LogP) is 1.03. The summed E-state index contributed by atoms with van der Waals surface area (Å²) in [5, 5.41) is 2.82. The van der Waals surface area contributed by atoms with E-state index in [0.29, 0.717) is 18.5 Å². The zero-order valence-corrected chi connectivity index (χ0v) is 13.2. The maximum Gasteiger partial charge on any atom is 0.253 e. The molecular formula is C16H25N3O2. The number of rotatable bonds is 6. The molecule has 0 aromatic heterocycles. The van der Waals surface area contributed by atoms with Crippen molar-refractivity contribution in [2.24, 2.45) is 11.7 Å². The number of hydrogen-bond donors (Lipinski definition) is 2. The number of hydrogen-bond acceptors (Lipinski definition) is 3. The number of carbonyl (C=O) groups excluding carboxylic acids is 2. The second-order valence-corrected chi connectivity index (χ2v) is 5.71. The van der Waals surface area contributed by atoms with Gasteiger partial charge in [-0.25, -0.2) is 0 Å². The molecule has 0 radical (unpaired) electrons. The molecule has 1 rings (SSSR count). The van der Waals surface area contributed by atoms with Crippen LogP contribution in [0.4, 0.5) is 0 Å². The molecule has 0 spiro atoms. The molecule has 0 aliphatic heterocycles.